The lowest BCUT2D eigenvalue weighted by atomic mass is 10.2. The third-order valence-electron chi connectivity index (χ3n) is 5.88. The van der Waals surface area contributed by atoms with Gasteiger partial charge in [0, 0.05) is 41.4 Å². The number of hydrogen-bond donors (Lipinski definition) is 1. The minimum Gasteiger partial charge on any atom is -0.497 e. The molecule has 1 aliphatic rings. The minimum atomic E-state index is -0.391. The Bertz CT molecular complexity index is 1210. The minimum absolute atomic E-state index is 0.0828. The predicted molar refractivity (Wildman–Crippen MR) is 142 cm³/mol. The normalized spacial score (nSPS) is 11.8. The molecule has 0 unspecified atom stereocenters. The number of fused-ring (bicyclic) bond motifs is 1. The number of nitrogens with one attached hydrogen (secondary N) is 1. The van der Waals surface area contributed by atoms with E-state index in [1.807, 2.05) is 49.6 Å². The third kappa shape index (κ3) is 6.65. The molecule has 10 heteroatoms. The summed E-state index contributed by atoms with van der Waals surface area (Å²) >= 11 is 1.58. The molecule has 9 nitrogen and oxygen atoms in total. The molecule has 0 radical (unpaired) electrons. The van der Waals surface area contributed by atoms with Gasteiger partial charge in [0.15, 0.2) is 11.5 Å². The second-order valence-corrected chi connectivity index (χ2v) is 9.80. The highest BCUT2D eigenvalue weighted by Crippen LogP contribution is 2.33. The average molecular weight is 526 g/mol. The monoisotopic (exact) mass is 525 g/mol. The van der Waals surface area contributed by atoms with Crippen LogP contribution in [-0.2, 0) is 17.9 Å². The molecule has 0 atom stereocenters. The molecular weight excluding hydrogens is 494 g/mol. The van der Waals surface area contributed by atoms with Gasteiger partial charge in [-0.3, -0.25) is 4.79 Å². The van der Waals surface area contributed by atoms with Crippen molar-refractivity contribution in [3.63, 3.8) is 0 Å². The van der Waals surface area contributed by atoms with Gasteiger partial charge in [0.1, 0.15) is 18.0 Å². The third-order valence-corrected chi connectivity index (χ3v) is 6.74. The van der Waals surface area contributed by atoms with Crippen LogP contribution in [0.5, 0.6) is 23.0 Å². The van der Waals surface area contributed by atoms with Crippen LogP contribution in [0, 0.1) is 0 Å². The summed E-state index contributed by atoms with van der Waals surface area (Å²) in [6, 6.07) is 14.1. The molecule has 0 saturated heterocycles. The molecule has 1 N–H and O–H groups in total. The first-order chi connectivity index (χ1) is 17.9. The Morgan fingerprint density at radius 3 is 2.38 bits per heavy atom. The zero-order valence-corrected chi connectivity index (χ0v) is 22.2. The lowest BCUT2D eigenvalue weighted by Gasteiger charge is -2.30. The fourth-order valence-corrected chi connectivity index (χ4v) is 4.61. The fourth-order valence-electron chi connectivity index (χ4n) is 3.89. The number of hydrogen-bond acceptors (Lipinski definition) is 7. The molecular formula is C27H31N3O6S. The largest absolute Gasteiger partial charge is 0.497 e. The number of thiophene rings is 1. The first kappa shape index (κ1) is 26.2. The van der Waals surface area contributed by atoms with E-state index in [1.165, 1.54) is 4.90 Å². The Kier molecular flexibility index (Phi) is 8.39. The summed E-state index contributed by atoms with van der Waals surface area (Å²) in [5.74, 6) is 2.29. The van der Waals surface area contributed by atoms with Crippen molar-refractivity contribution in [3.8, 4) is 23.0 Å². The quantitative estimate of drug-likeness (QED) is 0.402. The topological polar surface area (TPSA) is 89.6 Å². The number of methoxy groups -OCH3 is 2. The van der Waals surface area contributed by atoms with Crippen LogP contribution >= 0.6 is 11.3 Å². The SMILES string of the molecule is COc1cc(NC(=O)N(CC(=O)N(Cc2ccc3c(c2)OCO3)Cc2cccs2)C(C)C)cc(OC)c1. The molecule has 0 spiro atoms. The van der Waals surface area contributed by atoms with Crippen molar-refractivity contribution in [3.05, 3.63) is 64.4 Å². The predicted octanol–water partition coefficient (Wildman–Crippen LogP) is 4.97. The van der Waals surface area contributed by atoms with Gasteiger partial charge in [0.2, 0.25) is 12.7 Å². The van der Waals surface area contributed by atoms with Gasteiger partial charge in [-0.1, -0.05) is 12.1 Å². The van der Waals surface area contributed by atoms with E-state index < -0.39 is 6.03 Å². The van der Waals surface area contributed by atoms with E-state index in [0.29, 0.717) is 41.8 Å². The van der Waals surface area contributed by atoms with Crippen molar-refractivity contribution in [2.75, 3.05) is 32.9 Å². The van der Waals surface area contributed by atoms with Crippen LogP contribution in [0.2, 0.25) is 0 Å². The zero-order valence-electron chi connectivity index (χ0n) is 21.4. The number of ether oxygens (including phenoxy) is 4. The molecule has 1 aromatic heterocycles. The van der Waals surface area contributed by atoms with E-state index in [9.17, 15) is 9.59 Å². The van der Waals surface area contributed by atoms with Crippen molar-refractivity contribution in [2.24, 2.45) is 0 Å². The van der Waals surface area contributed by atoms with Gasteiger partial charge in [-0.25, -0.2) is 4.79 Å². The van der Waals surface area contributed by atoms with Crippen molar-refractivity contribution in [1.29, 1.82) is 0 Å². The molecule has 4 rings (SSSR count). The van der Waals surface area contributed by atoms with Gasteiger partial charge < -0.3 is 34.1 Å². The van der Waals surface area contributed by atoms with E-state index in [-0.39, 0.29) is 25.3 Å². The van der Waals surface area contributed by atoms with Crippen molar-refractivity contribution in [1.82, 2.24) is 9.80 Å². The molecule has 2 aromatic carbocycles. The van der Waals surface area contributed by atoms with E-state index in [4.69, 9.17) is 18.9 Å². The lowest BCUT2D eigenvalue weighted by Crippen LogP contribution is -2.47. The Labute approximate surface area is 220 Å². The van der Waals surface area contributed by atoms with Gasteiger partial charge in [-0.05, 0) is 43.0 Å². The number of rotatable bonds is 10. The summed E-state index contributed by atoms with van der Waals surface area (Å²) in [6.07, 6.45) is 0. The number of urea groups is 1. The standard InChI is InChI=1S/C27H31N3O6S/c1-18(2)30(27(32)28-20-11-21(33-3)13-22(12-20)34-4)16-26(31)29(15-23-6-5-9-37-23)14-19-7-8-24-25(10-19)36-17-35-24/h5-13,18H,14-17H2,1-4H3,(H,28,32). The molecule has 2 heterocycles. The van der Waals surface area contributed by atoms with Gasteiger partial charge in [-0.2, -0.15) is 0 Å². The average Bonchev–Trinajstić information content (AvgIpc) is 3.58. The number of carbonyl (C=O) groups excluding carboxylic acids is 2. The Morgan fingerprint density at radius 1 is 1.00 bits per heavy atom. The first-order valence-corrected chi connectivity index (χ1v) is 12.7. The van der Waals surface area contributed by atoms with Crippen LogP contribution in [0.4, 0.5) is 10.5 Å². The van der Waals surface area contributed by atoms with Crippen LogP contribution in [0.25, 0.3) is 0 Å². The maximum absolute atomic E-state index is 13.6. The summed E-state index contributed by atoms with van der Waals surface area (Å²) < 4.78 is 21.5. The van der Waals surface area contributed by atoms with Crippen LogP contribution in [-0.4, -0.2) is 55.3 Å². The summed E-state index contributed by atoms with van der Waals surface area (Å²) in [5, 5.41) is 4.85. The summed E-state index contributed by atoms with van der Waals surface area (Å²) in [7, 11) is 3.09. The molecule has 37 heavy (non-hydrogen) atoms. The summed E-state index contributed by atoms with van der Waals surface area (Å²) in [5.41, 5.74) is 1.42. The van der Waals surface area contributed by atoms with Crippen LogP contribution in [0.3, 0.4) is 0 Å². The number of amides is 3. The molecule has 3 aromatic rings. The van der Waals surface area contributed by atoms with Crippen molar-refractivity contribution < 1.29 is 28.5 Å². The van der Waals surface area contributed by atoms with Crippen molar-refractivity contribution in [2.45, 2.75) is 33.0 Å². The van der Waals surface area contributed by atoms with E-state index >= 15 is 0 Å². The molecule has 0 aliphatic carbocycles. The molecule has 0 bridgehead atoms. The second-order valence-electron chi connectivity index (χ2n) is 8.77. The van der Waals surface area contributed by atoms with Crippen LogP contribution in [0.15, 0.2) is 53.9 Å². The molecule has 0 fully saturated rings. The zero-order chi connectivity index (χ0) is 26.4. The van der Waals surface area contributed by atoms with Crippen LogP contribution in [0.1, 0.15) is 24.3 Å². The van der Waals surface area contributed by atoms with E-state index in [0.717, 1.165) is 10.4 Å². The fraction of sp³-hybridized carbons (Fsp3) is 0.333. The van der Waals surface area contributed by atoms with Crippen molar-refractivity contribution >= 4 is 29.0 Å². The smallest absolute Gasteiger partial charge is 0.322 e. The molecule has 3 amide bonds. The van der Waals surface area contributed by atoms with E-state index in [1.54, 1.807) is 48.7 Å². The highest BCUT2D eigenvalue weighted by molar-refractivity contribution is 7.09. The molecule has 196 valence electrons. The Morgan fingerprint density at radius 2 is 1.73 bits per heavy atom. The van der Waals surface area contributed by atoms with Gasteiger partial charge in [0.25, 0.3) is 0 Å². The number of carbonyl (C=O) groups is 2. The van der Waals surface area contributed by atoms with E-state index in [2.05, 4.69) is 5.32 Å². The maximum Gasteiger partial charge on any atom is 0.322 e. The molecule has 1 aliphatic heterocycles. The van der Waals surface area contributed by atoms with Gasteiger partial charge in [-0.15, -0.1) is 11.3 Å². The van der Waals surface area contributed by atoms with Gasteiger partial charge >= 0.3 is 6.03 Å². The summed E-state index contributed by atoms with van der Waals surface area (Å²) in [4.78, 5) is 31.2. The Hall–Kier alpha value is -3.92. The highest BCUT2D eigenvalue weighted by atomic mass is 32.1. The lowest BCUT2D eigenvalue weighted by molar-refractivity contribution is -0.133. The first-order valence-electron chi connectivity index (χ1n) is 11.9. The molecule has 0 saturated carbocycles. The Balaban J connectivity index is 1.50. The second kappa shape index (κ2) is 11.9. The van der Waals surface area contributed by atoms with Crippen LogP contribution < -0.4 is 24.3 Å². The number of nitrogens with zero attached hydrogens (tertiary/aromatic N) is 2. The number of anilines is 1. The maximum atomic E-state index is 13.6. The van der Waals surface area contributed by atoms with Gasteiger partial charge in [0.05, 0.1) is 20.8 Å². The summed E-state index contributed by atoms with van der Waals surface area (Å²) in [6.45, 7) is 4.66. The highest BCUT2D eigenvalue weighted by Gasteiger charge is 2.25. The number of benzene rings is 2.